The van der Waals surface area contributed by atoms with Gasteiger partial charge in [-0.2, -0.15) is 0 Å². The highest BCUT2D eigenvalue weighted by Crippen LogP contribution is 2.38. The van der Waals surface area contributed by atoms with E-state index in [0.29, 0.717) is 5.56 Å². The molecule has 0 bridgehead atoms. The summed E-state index contributed by atoms with van der Waals surface area (Å²) >= 11 is 1.50. The van der Waals surface area contributed by atoms with Gasteiger partial charge in [-0.15, -0.1) is 0 Å². The summed E-state index contributed by atoms with van der Waals surface area (Å²) in [4.78, 5) is 12.9. The van der Waals surface area contributed by atoms with Crippen molar-refractivity contribution in [1.82, 2.24) is 0 Å². The molecule has 0 aliphatic heterocycles. The first-order chi connectivity index (χ1) is 9.28. The van der Waals surface area contributed by atoms with Crippen LogP contribution in [-0.4, -0.2) is 20.5 Å². The lowest BCUT2D eigenvalue weighted by Gasteiger charge is -2.10. The second-order valence-electron chi connectivity index (χ2n) is 3.77. The summed E-state index contributed by atoms with van der Waals surface area (Å²) in [6.45, 7) is 0. The van der Waals surface area contributed by atoms with Crippen LogP contribution in [0.4, 0.5) is 0 Å². The highest BCUT2D eigenvalue weighted by molar-refractivity contribution is 7.99. The Hall–Kier alpha value is -1.94. The molecule has 0 heterocycles. The van der Waals surface area contributed by atoms with Gasteiger partial charge in [0.2, 0.25) is 0 Å². The molecule has 0 aliphatic rings. The molecule has 3 nitrogen and oxygen atoms in total. The average Bonchev–Trinajstić information content (AvgIpc) is 2.48. The second-order valence-corrected chi connectivity index (χ2v) is 4.86. The van der Waals surface area contributed by atoms with Crippen LogP contribution in [0.5, 0.6) is 11.5 Å². The van der Waals surface area contributed by atoms with E-state index in [1.54, 1.807) is 20.3 Å². The summed E-state index contributed by atoms with van der Waals surface area (Å²) in [6, 6.07) is 13.1. The molecule has 0 spiro atoms. The molecule has 0 N–H and O–H groups in total. The minimum absolute atomic E-state index is 0.672. The molecule has 2 aromatic rings. The highest BCUT2D eigenvalue weighted by atomic mass is 32.2. The highest BCUT2D eigenvalue weighted by Gasteiger charge is 2.09. The Bertz CT molecular complexity index is 581. The van der Waals surface area contributed by atoms with Gasteiger partial charge in [0.25, 0.3) is 0 Å². The Morgan fingerprint density at radius 3 is 2.47 bits per heavy atom. The molecule has 2 aromatic carbocycles. The van der Waals surface area contributed by atoms with Gasteiger partial charge in [0, 0.05) is 16.5 Å². The topological polar surface area (TPSA) is 35.5 Å². The maximum absolute atomic E-state index is 11.0. The average molecular weight is 274 g/mol. The van der Waals surface area contributed by atoms with Crippen LogP contribution in [0, 0.1) is 0 Å². The third-order valence-corrected chi connectivity index (χ3v) is 3.79. The van der Waals surface area contributed by atoms with E-state index in [0.717, 1.165) is 27.6 Å². The standard InChI is InChI=1S/C15H14O3S/c1-17-12-7-8-15(13(9-12)18-2)19-14-6-4-3-5-11(14)10-16/h3-10H,1-2H3. The number of benzene rings is 2. The first kappa shape index (κ1) is 13.5. The Kier molecular flexibility index (Phi) is 4.47. The quantitative estimate of drug-likeness (QED) is 0.779. The van der Waals surface area contributed by atoms with E-state index in [1.807, 2.05) is 36.4 Å². The minimum Gasteiger partial charge on any atom is -0.497 e. The van der Waals surface area contributed by atoms with Gasteiger partial charge in [-0.05, 0) is 18.2 Å². The van der Waals surface area contributed by atoms with Crippen LogP contribution in [0.15, 0.2) is 52.3 Å². The van der Waals surface area contributed by atoms with E-state index in [1.165, 1.54) is 11.8 Å². The number of hydrogen-bond acceptors (Lipinski definition) is 4. The molecule has 0 aromatic heterocycles. The molecule has 4 heteroatoms. The summed E-state index contributed by atoms with van der Waals surface area (Å²) in [5.74, 6) is 1.47. The molecule has 0 unspecified atom stereocenters. The molecule has 19 heavy (non-hydrogen) atoms. The van der Waals surface area contributed by atoms with Gasteiger partial charge in [-0.1, -0.05) is 30.0 Å². The SMILES string of the molecule is COc1ccc(Sc2ccccc2C=O)c(OC)c1. The molecule has 0 aliphatic carbocycles. The third-order valence-electron chi connectivity index (χ3n) is 2.64. The lowest BCUT2D eigenvalue weighted by Crippen LogP contribution is -1.90. The van der Waals surface area contributed by atoms with Crippen molar-refractivity contribution in [2.75, 3.05) is 14.2 Å². The van der Waals surface area contributed by atoms with Crippen molar-refractivity contribution in [3.8, 4) is 11.5 Å². The van der Waals surface area contributed by atoms with Crippen molar-refractivity contribution in [2.24, 2.45) is 0 Å². The largest absolute Gasteiger partial charge is 0.497 e. The van der Waals surface area contributed by atoms with Crippen molar-refractivity contribution in [3.05, 3.63) is 48.0 Å². The zero-order valence-corrected chi connectivity index (χ0v) is 11.6. The fraction of sp³-hybridized carbons (Fsp3) is 0.133. The van der Waals surface area contributed by atoms with Crippen LogP contribution in [0.1, 0.15) is 10.4 Å². The van der Waals surface area contributed by atoms with Gasteiger partial charge in [-0.3, -0.25) is 4.79 Å². The number of aldehydes is 1. The van der Waals surface area contributed by atoms with Crippen LogP contribution in [-0.2, 0) is 0 Å². The summed E-state index contributed by atoms with van der Waals surface area (Å²) in [7, 11) is 3.23. The van der Waals surface area contributed by atoms with Crippen LogP contribution in [0.2, 0.25) is 0 Å². The fourth-order valence-electron chi connectivity index (χ4n) is 1.65. The maximum atomic E-state index is 11.0. The van der Waals surface area contributed by atoms with Gasteiger partial charge in [0.15, 0.2) is 6.29 Å². The molecule has 0 amide bonds. The lowest BCUT2D eigenvalue weighted by molar-refractivity contribution is 0.112. The van der Waals surface area contributed by atoms with E-state index in [4.69, 9.17) is 9.47 Å². The third kappa shape index (κ3) is 3.09. The Morgan fingerprint density at radius 2 is 1.79 bits per heavy atom. The monoisotopic (exact) mass is 274 g/mol. The lowest BCUT2D eigenvalue weighted by atomic mass is 10.2. The summed E-state index contributed by atoms with van der Waals surface area (Å²) in [5, 5.41) is 0. The Morgan fingerprint density at radius 1 is 1.00 bits per heavy atom. The molecule has 0 saturated carbocycles. The number of hydrogen-bond donors (Lipinski definition) is 0. The number of rotatable bonds is 5. The summed E-state index contributed by atoms with van der Waals surface area (Å²) < 4.78 is 10.5. The predicted octanol–water partition coefficient (Wildman–Crippen LogP) is 3.67. The first-order valence-corrected chi connectivity index (χ1v) is 6.54. The number of carbonyl (C=O) groups excluding carboxylic acids is 1. The second kappa shape index (κ2) is 6.29. The molecule has 0 radical (unpaired) electrons. The number of carbonyl (C=O) groups is 1. The zero-order valence-electron chi connectivity index (χ0n) is 10.8. The van der Waals surface area contributed by atoms with Crippen molar-refractivity contribution >= 4 is 18.0 Å². The van der Waals surface area contributed by atoms with Gasteiger partial charge >= 0.3 is 0 Å². The minimum atomic E-state index is 0.672. The molecule has 0 fully saturated rings. The zero-order chi connectivity index (χ0) is 13.7. The Balaban J connectivity index is 2.35. The van der Waals surface area contributed by atoms with E-state index in [9.17, 15) is 4.79 Å². The summed E-state index contributed by atoms with van der Waals surface area (Å²) in [5.41, 5.74) is 0.672. The van der Waals surface area contributed by atoms with Crippen molar-refractivity contribution in [3.63, 3.8) is 0 Å². The van der Waals surface area contributed by atoms with Gasteiger partial charge in [0.05, 0.1) is 19.1 Å². The van der Waals surface area contributed by atoms with Crippen molar-refractivity contribution < 1.29 is 14.3 Å². The fourth-order valence-corrected chi connectivity index (χ4v) is 2.64. The van der Waals surface area contributed by atoms with Crippen LogP contribution < -0.4 is 9.47 Å². The smallest absolute Gasteiger partial charge is 0.151 e. The molecule has 98 valence electrons. The molecular formula is C15H14O3S. The van der Waals surface area contributed by atoms with Gasteiger partial charge < -0.3 is 9.47 Å². The Labute approximate surface area is 116 Å². The van der Waals surface area contributed by atoms with Crippen LogP contribution >= 0.6 is 11.8 Å². The molecular weight excluding hydrogens is 260 g/mol. The van der Waals surface area contributed by atoms with E-state index < -0.39 is 0 Å². The number of ether oxygens (including phenoxy) is 2. The number of methoxy groups -OCH3 is 2. The molecule has 2 rings (SSSR count). The van der Waals surface area contributed by atoms with Crippen LogP contribution in [0.25, 0.3) is 0 Å². The molecule has 0 saturated heterocycles. The maximum Gasteiger partial charge on any atom is 0.151 e. The molecule has 0 atom stereocenters. The van der Waals surface area contributed by atoms with E-state index in [-0.39, 0.29) is 0 Å². The normalized spacial score (nSPS) is 10.0. The van der Waals surface area contributed by atoms with Gasteiger partial charge in [-0.25, -0.2) is 0 Å². The van der Waals surface area contributed by atoms with Gasteiger partial charge in [0.1, 0.15) is 11.5 Å². The van der Waals surface area contributed by atoms with E-state index in [2.05, 4.69) is 0 Å². The predicted molar refractivity (Wildman–Crippen MR) is 75.5 cm³/mol. The summed E-state index contributed by atoms with van der Waals surface area (Å²) in [6.07, 6.45) is 0.859. The first-order valence-electron chi connectivity index (χ1n) is 5.72. The van der Waals surface area contributed by atoms with Crippen LogP contribution in [0.3, 0.4) is 0 Å². The van der Waals surface area contributed by atoms with Crippen molar-refractivity contribution in [2.45, 2.75) is 9.79 Å². The van der Waals surface area contributed by atoms with Crippen molar-refractivity contribution in [1.29, 1.82) is 0 Å². The van der Waals surface area contributed by atoms with E-state index >= 15 is 0 Å².